The SMILES string of the molecule is CC=C(C#N)CCn1nc(-c2ccc(Oc3ccc(Cl)c(Cl)c3)c(OC)c2)c2c(N)ncnc21. The van der Waals surface area contributed by atoms with Crippen LogP contribution in [0, 0.1) is 11.3 Å². The van der Waals surface area contributed by atoms with Crippen LogP contribution in [0.3, 0.4) is 0 Å². The van der Waals surface area contributed by atoms with E-state index in [-0.39, 0.29) is 0 Å². The lowest BCUT2D eigenvalue weighted by atomic mass is 10.1. The molecule has 0 radical (unpaired) electrons. The standard InChI is InChI=1S/C24H20Cl2N6O2/c1-3-14(12-27)8-9-32-24-21(23(28)29-13-30-24)22(31-32)15-4-7-19(20(10-15)33-2)34-16-5-6-17(25)18(26)11-16/h3-7,10-11,13H,8-9H2,1-2H3,(H2,28,29,30). The van der Waals surface area contributed by atoms with E-state index < -0.39 is 0 Å². The second-order valence-electron chi connectivity index (χ2n) is 7.25. The van der Waals surface area contributed by atoms with E-state index in [0.717, 1.165) is 5.56 Å². The molecule has 0 unspecified atom stereocenters. The molecule has 0 saturated carbocycles. The Morgan fingerprint density at radius 2 is 1.97 bits per heavy atom. The number of halogens is 2. The van der Waals surface area contributed by atoms with E-state index in [9.17, 15) is 5.26 Å². The molecule has 2 aromatic carbocycles. The van der Waals surface area contributed by atoms with Crippen LogP contribution in [-0.4, -0.2) is 26.9 Å². The first kappa shape index (κ1) is 23.4. The molecule has 0 aliphatic heterocycles. The van der Waals surface area contributed by atoms with Gasteiger partial charge in [-0.05, 0) is 37.3 Å². The molecule has 4 aromatic rings. The van der Waals surface area contributed by atoms with Crippen LogP contribution in [0.1, 0.15) is 13.3 Å². The van der Waals surface area contributed by atoms with Crippen LogP contribution in [0.2, 0.25) is 10.0 Å². The predicted octanol–water partition coefficient (Wildman–Crippen LogP) is 6.04. The van der Waals surface area contributed by atoms with Gasteiger partial charge in [-0.1, -0.05) is 29.3 Å². The molecule has 0 aliphatic carbocycles. The van der Waals surface area contributed by atoms with Gasteiger partial charge in [-0.3, -0.25) is 0 Å². The summed E-state index contributed by atoms with van der Waals surface area (Å²) in [5, 5.41) is 15.4. The number of aromatic nitrogens is 4. The number of aryl methyl sites for hydroxylation is 1. The van der Waals surface area contributed by atoms with Crippen molar-refractivity contribution in [1.29, 1.82) is 5.26 Å². The molecular weight excluding hydrogens is 475 g/mol. The van der Waals surface area contributed by atoms with Gasteiger partial charge in [-0.2, -0.15) is 10.4 Å². The van der Waals surface area contributed by atoms with Gasteiger partial charge >= 0.3 is 0 Å². The summed E-state index contributed by atoms with van der Waals surface area (Å²) in [6.07, 6.45) is 3.70. The van der Waals surface area contributed by atoms with Crippen molar-refractivity contribution >= 4 is 40.1 Å². The lowest BCUT2D eigenvalue weighted by Gasteiger charge is -2.12. The highest BCUT2D eigenvalue weighted by Crippen LogP contribution is 2.39. The maximum atomic E-state index is 9.23. The molecule has 0 amide bonds. The smallest absolute Gasteiger partial charge is 0.169 e. The Labute approximate surface area is 206 Å². The fourth-order valence-corrected chi connectivity index (χ4v) is 3.73. The van der Waals surface area contributed by atoms with Gasteiger partial charge in [0.1, 0.15) is 23.6 Å². The molecular formula is C24H20Cl2N6O2. The van der Waals surface area contributed by atoms with E-state index >= 15 is 0 Å². The average Bonchev–Trinajstić information content (AvgIpc) is 3.22. The van der Waals surface area contributed by atoms with E-state index in [1.807, 2.05) is 13.0 Å². The normalized spacial score (nSPS) is 11.4. The van der Waals surface area contributed by atoms with Crippen LogP contribution >= 0.6 is 23.2 Å². The monoisotopic (exact) mass is 494 g/mol. The Morgan fingerprint density at radius 3 is 2.68 bits per heavy atom. The summed E-state index contributed by atoms with van der Waals surface area (Å²) >= 11 is 12.1. The summed E-state index contributed by atoms with van der Waals surface area (Å²) in [5.74, 6) is 1.81. The first-order valence-corrected chi connectivity index (χ1v) is 11.0. The number of benzene rings is 2. The number of nitrogen functional groups attached to an aromatic ring is 1. The van der Waals surface area contributed by atoms with Crippen molar-refractivity contribution in [2.45, 2.75) is 19.9 Å². The minimum atomic E-state index is 0.313. The van der Waals surface area contributed by atoms with Gasteiger partial charge in [0.2, 0.25) is 0 Å². The van der Waals surface area contributed by atoms with Gasteiger partial charge in [-0.15, -0.1) is 0 Å². The fraction of sp³-hybridized carbons (Fsp3) is 0.167. The molecule has 0 saturated heterocycles. The largest absolute Gasteiger partial charge is 0.493 e. The molecule has 10 heteroatoms. The van der Waals surface area contributed by atoms with Crippen LogP contribution in [0.25, 0.3) is 22.3 Å². The first-order valence-electron chi connectivity index (χ1n) is 10.3. The van der Waals surface area contributed by atoms with Crippen molar-refractivity contribution in [3.8, 4) is 34.6 Å². The van der Waals surface area contributed by atoms with Crippen molar-refractivity contribution in [1.82, 2.24) is 19.7 Å². The van der Waals surface area contributed by atoms with E-state index in [4.69, 9.17) is 43.5 Å². The minimum absolute atomic E-state index is 0.313. The van der Waals surface area contributed by atoms with Gasteiger partial charge in [-0.25, -0.2) is 14.6 Å². The number of ether oxygens (including phenoxy) is 2. The quantitative estimate of drug-likeness (QED) is 0.311. The molecule has 2 aromatic heterocycles. The number of nitrogens with zero attached hydrogens (tertiary/aromatic N) is 5. The van der Waals surface area contributed by atoms with Crippen molar-refractivity contribution in [2.24, 2.45) is 0 Å². The third kappa shape index (κ3) is 4.62. The zero-order valence-electron chi connectivity index (χ0n) is 18.4. The van der Waals surface area contributed by atoms with E-state index in [2.05, 4.69) is 16.0 Å². The lowest BCUT2D eigenvalue weighted by Crippen LogP contribution is -2.03. The van der Waals surface area contributed by atoms with Crippen LogP contribution in [0.5, 0.6) is 17.2 Å². The van der Waals surface area contributed by atoms with E-state index in [1.54, 1.807) is 48.2 Å². The highest BCUT2D eigenvalue weighted by atomic mass is 35.5. The first-order chi connectivity index (χ1) is 16.4. The average molecular weight is 495 g/mol. The fourth-order valence-electron chi connectivity index (χ4n) is 3.45. The molecule has 0 bridgehead atoms. The number of nitriles is 1. The van der Waals surface area contributed by atoms with Crippen LogP contribution in [0.15, 0.2) is 54.4 Å². The number of hydrogen-bond acceptors (Lipinski definition) is 7. The number of anilines is 1. The highest BCUT2D eigenvalue weighted by Gasteiger charge is 2.19. The third-order valence-corrected chi connectivity index (χ3v) is 5.94. The van der Waals surface area contributed by atoms with Gasteiger partial charge in [0, 0.05) is 30.2 Å². The molecule has 0 aliphatic rings. The molecule has 2 N–H and O–H groups in total. The van der Waals surface area contributed by atoms with Gasteiger partial charge in [0.15, 0.2) is 17.1 Å². The summed E-state index contributed by atoms with van der Waals surface area (Å²) in [6.45, 7) is 2.30. The zero-order valence-corrected chi connectivity index (χ0v) is 19.9. The lowest BCUT2D eigenvalue weighted by molar-refractivity contribution is 0.379. The van der Waals surface area contributed by atoms with Crippen LogP contribution < -0.4 is 15.2 Å². The van der Waals surface area contributed by atoms with E-state index in [1.165, 1.54) is 6.33 Å². The maximum Gasteiger partial charge on any atom is 0.169 e. The van der Waals surface area contributed by atoms with Crippen LogP contribution in [0.4, 0.5) is 5.82 Å². The Hall–Kier alpha value is -3.80. The summed E-state index contributed by atoms with van der Waals surface area (Å²) in [6, 6.07) is 12.6. The number of allylic oxidation sites excluding steroid dienone is 2. The second kappa shape index (κ2) is 10.00. The van der Waals surface area contributed by atoms with Gasteiger partial charge in [0.05, 0.1) is 28.6 Å². The van der Waals surface area contributed by atoms with Crippen LogP contribution in [-0.2, 0) is 6.54 Å². The number of fused-ring (bicyclic) bond motifs is 1. The number of nitrogens with two attached hydrogens (primary N) is 1. The van der Waals surface area contributed by atoms with Crippen molar-refractivity contribution in [2.75, 3.05) is 12.8 Å². The molecule has 4 rings (SSSR count). The summed E-state index contributed by atoms with van der Waals surface area (Å²) in [4.78, 5) is 8.51. The maximum absolute atomic E-state index is 9.23. The molecule has 172 valence electrons. The Bertz CT molecular complexity index is 1440. The Kier molecular flexibility index (Phi) is 6.87. The Morgan fingerprint density at radius 1 is 1.15 bits per heavy atom. The minimum Gasteiger partial charge on any atom is -0.493 e. The molecule has 8 nitrogen and oxygen atoms in total. The zero-order chi connectivity index (χ0) is 24.2. The molecule has 2 heterocycles. The molecule has 0 spiro atoms. The van der Waals surface area contributed by atoms with Gasteiger partial charge < -0.3 is 15.2 Å². The van der Waals surface area contributed by atoms with Crippen molar-refractivity contribution < 1.29 is 9.47 Å². The van der Waals surface area contributed by atoms with Gasteiger partial charge in [0.25, 0.3) is 0 Å². The van der Waals surface area contributed by atoms with E-state index in [0.29, 0.717) is 68.4 Å². The second-order valence-corrected chi connectivity index (χ2v) is 8.06. The number of rotatable bonds is 7. The summed E-state index contributed by atoms with van der Waals surface area (Å²) in [7, 11) is 1.55. The predicted molar refractivity (Wildman–Crippen MR) is 132 cm³/mol. The van der Waals surface area contributed by atoms with Crippen molar-refractivity contribution in [3.63, 3.8) is 0 Å². The molecule has 34 heavy (non-hydrogen) atoms. The third-order valence-electron chi connectivity index (χ3n) is 5.20. The molecule has 0 atom stereocenters. The topological polar surface area (TPSA) is 112 Å². The highest BCUT2D eigenvalue weighted by molar-refractivity contribution is 6.42. The molecule has 0 fully saturated rings. The number of hydrogen-bond donors (Lipinski definition) is 1. The summed E-state index contributed by atoms with van der Waals surface area (Å²) in [5.41, 5.74) is 8.80. The number of methoxy groups -OCH3 is 1. The summed E-state index contributed by atoms with van der Waals surface area (Å²) < 4.78 is 13.3. The van der Waals surface area contributed by atoms with Crippen molar-refractivity contribution in [3.05, 3.63) is 64.4 Å². The Balaban J connectivity index is 1.73.